The van der Waals surface area contributed by atoms with E-state index < -0.39 is 6.10 Å². The van der Waals surface area contributed by atoms with Crippen LogP contribution in [-0.4, -0.2) is 32.3 Å². The third kappa shape index (κ3) is 4.44. The van der Waals surface area contributed by atoms with Crippen LogP contribution in [0.1, 0.15) is 12.5 Å². The summed E-state index contributed by atoms with van der Waals surface area (Å²) in [5, 5.41) is 2.73. The van der Waals surface area contributed by atoms with E-state index in [4.69, 9.17) is 9.47 Å². The molecular weight excluding hydrogens is 218 g/mol. The molecule has 0 fully saturated rings. The minimum atomic E-state index is -0.507. The van der Waals surface area contributed by atoms with E-state index in [9.17, 15) is 4.79 Å². The number of para-hydroxylation sites is 1. The van der Waals surface area contributed by atoms with Crippen molar-refractivity contribution in [2.45, 2.75) is 20.0 Å². The number of methoxy groups -OCH3 is 1. The normalized spacial score (nSPS) is 11.9. The summed E-state index contributed by atoms with van der Waals surface area (Å²) in [6.07, 6.45) is -0.507. The van der Waals surface area contributed by atoms with Gasteiger partial charge in [0.1, 0.15) is 5.75 Å². The Bertz CT molecular complexity index is 365. The maximum atomic E-state index is 11.6. The molecule has 1 rings (SSSR count). The Labute approximate surface area is 102 Å². The molecular formula is C13H19NO3. The van der Waals surface area contributed by atoms with Crippen LogP contribution in [0.2, 0.25) is 0 Å². The van der Waals surface area contributed by atoms with Crippen LogP contribution in [-0.2, 0) is 9.53 Å². The van der Waals surface area contributed by atoms with Crippen molar-refractivity contribution in [2.75, 3.05) is 20.3 Å². The van der Waals surface area contributed by atoms with Crippen molar-refractivity contribution >= 4 is 5.91 Å². The van der Waals surface area contributed by atoms with Gasteiger partial charge in [-0.3, -0.25) is 4.79 Å². The van der Waals surface area contributed by atoms with Crippen LogP contribution in [0, 0.1) is 6.92 Å². The van der Waals surface area contributed by atoms with Crippen LogP contribution in [0.4, 0.5) is 0 Å². The minimum Gasteiger partial charge on any atom is -0.481 e. The second kappa shape index (κ2) is 6.91. The number of carbonyl (C=O) groups is 1. The molecule has 0 bridgehead atoms. The number of ether oxygens (including phenoxy) is 2. The molecule has 0 heterocycles. The molecule has 0 aromatic heterocycles. The van der Waals surface area contributed by atoms with Crippen molar-refractivity contribution < 1.29 is 14.3 Å². The summed E-state index contributed by atoms with van der Waals surface area (Å²) in [7, 11) is 1.60. The van der Waals surface area contributed by atoms with E-state index in [0.29, 0.717) is 13.2 Å². The largest absolute Gasteiger partial charge is 0.481 e. The highest BCUT2D eigenvalue weighted by atomic mass is 16.5. The number of benzene rings is 1. The molecule has 0 aliphatic heterocycles. The smallest absolute Gasteiger partial charge is 0.260 e. The third-order valence-electron chi connectivity index (χ3n) is 2.37. The molecule has 0 aliphatic rings. The average Bonchev–Trinajstić information content (AvgIpc) is 2.32. The monoisotopic (exact) mass is 237 g/mol. The fraction of sp³-hybridized carbons (Fsp3) is 0.462. The summed E-state index contributed by atoms with van der Waals surface area (Å²) in [5.74, 6) is 0.604. The molecule has 1 atom stereocenters. The zero-order valence-corrected chi connectivity index (χ0v) is 10.5. The SMILES string of the molecule is COCCNC(=O)[C@@H](C)Oc1ccccc1C. The minimum absolute atomic E-state index is 0.134. The van der Waals surface area contributed by atoms with Gasteiger partial charge >= 0.3 is 0 Å². The van der Waals surface area contributed by atoms with Crippen molar-refractivity contribution in [3.8, 4) is 5.75 Å². The Morgan fingerprint density at radius 1 is 1.41 bits per heavy atom. The number of rotatable bonds is 6. The highest BCUT2D eigenvalue weighted by Crippen LogP contribution is 2.17. The lowest BCUT2D eigenvalue weighted by Crippen LogP contribution is -2.38. The van der Waals surface area contributed by atoms with E-state index in [0.717, 1.165) is 11.3 Å². The van der Waals surface area contributed by atoms with Crippen LogP contribution in [0.15, 0.2) is 24.3 Å². The van der Waals surface area contributed by atoms with E-state index in [-0.39, 0.29) is 5.91 Å². The Morgan fingerprint density at radius 3 is 2.76 bits per heavy atom. The molecule has 4 nitrogen and oxygen atoms in total. The molecule has 0 aliphatic carbocycles. The lowest BCUT2D eigenvalue weighted by molar-refractivity contribution is -0.127. The topological polar surface area (TPSA) is 47.6 Å². The van der Waals surface area contributed by atoms with Crippen LogP contribution in [0.5, 0.6) is 5.75 Å². The Balaban J connectivity index is 2.46. The van der Waals surface area contributed by atoms with Gasteiger partial charge < -0.3 is 14.8 Å². The fourth-order valence-corrected chi connectivity index (χ4v) is 1.35. The van der Waals surface area contributed by atoms with Gasteiger partial charge in [0, 0.05) is 13.7 Å². The number of amides is 1. The van der Waals surface area contributed by atoms with Gasteiger partial charge in [0.15, 0.2) is 6.10 Å². The number of aryl methyl sites for hydroxylation is 1. The molecule has 1 N–H and O–H groups in total. The fourth-order valence-electron chi connectivity index (χ4n) is 1.35. The first kappa shape index (κ1) is 13.5. The van der Waals surface area contributed by atoms with E-state index in [1.165, 1.54) is 0 Å². The maximum Gasteiger partial charge on any atom is 0.260 e. The van der Waals surface area contributed by atoms with Gasteiger partial charge in [-0.1, -0.05) is 18.2 Å². The zero-order chi connectivity index (χ0) is 12.7. The van der Waals surface area contributed by atoms with Crippen LogP contribution >= 0.6 is 0 Å². The van der Waals surface area contributed by atoms with E-state index >= 15 is 0 Å². The average molecular weight is 237 g/mol. The molecule has 17 heavy (non-hydrogen) atoms. The van der Waals surface area contributed by atoms with Crippen molar-refractivity contribution in [1.29, 1.82) is 0 Å². The lowest BCUT2D eigenvalue weighted by atomic mass is 10.2. The first-order valence-electron chi connectivity index (χ1n) is 5.64. The van der Waals surface area contributed by atoms with E-state index in [1.54, 1.807) is 14.0 Å². The zero-order valence-electron chi connectivity index (χ0n) is 10.5. The van der Waals surface area contributed by atoms with E-state index in [2.05, 4.69) is 5.32 Å². The molecule has 94 valence electrons. The molecule has 0 radical (unpaired) electrons. The summed E-state index contributed by atoms with van der Waals surface area (Å²) in [6, 6.07) is 7.63. The first-order valence-corrected chi connectivity index (χ1v) is 5.64. The Hall–Kier alpha value is -1.55. The lowest BCUT2D eigenvalue weighted by Gasteiger charge is -2.15. The molecule has 1 aromatic rings. The summed E-state index contributed by atoms with van der Waals surface area (Å²) >= 11 is 0. The van der Waals surface area contributed by atoms with Crippen LogP contribution < -0.4 is 10.1 Å². The quantitative estimate of drug-likeness (QED) is 0.763. The standard InChI is InChI=1S/C13H19NO3/c1-10-6-4-5-7-12(10)17-11(2)13(15)14-8-9-16-3/h4-7,11H,8-9H2,1-3H3,(H,14,15)/t11-/m1/s1. The van der Waals surface area contributed by atoms with Gasteiger partial charge in [0.05, 0.1) is 6.61 Å². The number of hydrogen-bond donors (Lipinski definition) is 1. The maximum absolute atomic E-state index is 11.6. The Kier molecular flexibility index (Phi) is 5.49. The Morgan fingerprint density at radius 2 is 2.12 bits per heavy atom. The predicted octanol–water partition coefficient (Wildman–Crippen LogP) is 1.52. The second-order valence-corrected chi connectivity index (χ2v) is 3.81. The summed E-state index contributed by atoms with van der Waals surface area (Å²) < 4.78 is 10.4. The molecule has 1 aromatic carbocycles. The van der Waals surface area contributed by atoms with Crippen LogP contribution in [0.3, 0.4) is 0 Å². The predicted molar refractivity (Wildman–Crippen MR) is 66.2 cm³/mol. The van der Waals surface area contributed by atoms with Gasteiger partial charge in [-0.15, -0.1) is 0 Å². The summed E-state index contributed by atoms with van der Waals surface area (Å²) in [6.45, 7) is 4.68. The molecule has 4 heteroatoms. The molecule has 1 amide bonds. The molecule has 0 spiro atoms. The van der Waals surface area contributed by atoms with Crippen LogP contribution in [0.25, 0.3) is 0 Å². The van der Waals surface area contributed by atoms with Gasteiger partial charge in [-0.05, 0) is 25.5 Å². The third-order valence-corrected chi connectivity index (χ3v) is 2.37. The molecule has 0 saturated carbocycles. The highest BCUT2D eigenvalue weighted by Gasteiger charge is 2.14. The van der Waals surface area contributed by atoms with Gasteiger partial charge in [-0.25, -0.2) is 0 Å². The highest BCUT2D eigenvalue weighted by molar-refractivity contribution is 5.80. The summed E-state index contributed by atoms with van der Waals surface area (Å²) in [5.41, 5.74) is 1.02. The van der Waals surface area contributed by atoms with Crippen molar-refractivity contribution in [2.24, 2.45) is 0 Å². The first-order chi connectivity index (χ1) is 8.15. The van der Waals surface area contributed by atoms with Crippen molar-refractivity contribution in [3.63, 3.8) is 0 Å². The van der Waals surface area contributed by atoms with Gasteiger partial charge in [0.25, 0.3) is 5.91 Å². The number of nitrogens with one attached hydrogen (secondary N) is 1. The number of hydrogen-bond acceptors (Lipinski definition) is 3. The van der Waals surface area contributed by atoms with Gasteiger partial charge in [-0.2, -0.15) is 0 Å². The van der Waals surface area contributed by atoms with Crippen molar-refractivity contribution in [3.05, 3.63) is 29.8 Å². The van der Waals surface area contributed by atoms with E-state index in [1.807, 2.05) is 31.2 Å². The van der Waals surface area contributed by atoms with Crippen molar-refractivity contribution in [1.82, 2.24) is 5.32 Å². The second-order valence-electron chi connectivity index (χ2n) is 3.81. The molecule has 0 unspecified atom stereocenters. The van der Waals surface area contributed by atoms with Gasteiger partial charge in [0.2, 0.25) is 0 Å². The molecule has 0 saturated heterocycles. The summed E-state index contributed by atoms with van der Waals surface area (Å²) in [4.78, 5) is 11.6. The number of carbonyl (C=O) groups excluding carboxylic acids is 1.